The molecule has 0 atom stereocenters. The van der Waals surface area contributed by atoms with E-state index in [1.54, 1.807) is 18.2 Å². The summed E-state index contributed by atoms with van der Waals surface area (Å²) in [5.74, 6) is -1.12. The minimum atomic E-state index is -0.585. The van der Waals surface area contributed by atoms with Gasteiger partial charge in [0.15, 0.2) is 0 Å². The zero-order valence-corrected chi connectivity index (χ0v) is 14.7. The van der Waals surface area contributed by atoms with Gasteiger partial charge < -0.3 is 14.6 Å². The smallest absolute Gasteiger partial charge is 0.261 e. The fourth-order valence-corrected chi connectivity index (χ4v) is 2.82. The molecule has 0 saturated heterocycles. The summed E-state index contributed by atoms with van der Waals surface area (Å²) in [6, 6.07) is 13.1. The molecule has 5 nitrogen and oxygen atoms in total. The number of nitrogens with zero attached hydrogens (tertiary/aromatic N) is 1. The number of benzene rings is 2. The first-order valence-electron chi connectivity index (χ1n) is 8.46. The quantitative estimate of drug-likeness (QED) is 0.724. The number of para-hydroxylation sites is 1. The molecule has 0 bridgehead atoms. The van der Waals surface area contributed by atoms with Crippen molar-refractivity contribution in [3.63, 3.8) is 0 Å². The second kappa shape index (κ2) is 7.39. The van der Waals surface area contributed by atoms with Crippen LogP contribution in [-0.2, 0) is 0 Å². The van der Waals surface area contributed by atoms with Crippen LogP contribution in [-0.4, -0.2) is 19.0 Å². The second-order valence-electron chi connectivity index (χ2n) is 5.82. The topological polar surface area (TPSA) is 69.3 Å². The predicted molar refractivity (Wildman–Crippen MR) is 100.0 cm³/mol. The maximum Gasteiger partial charge on any atom is 0.261 e. The Labute approximate surface area is 150 Å². The average Bonchev–Trinajstić information content (AvgIpc) is 2.64. The average molecular weight is 353 g/mol. The SMILES string of the molecule is CCN(CC)c1ccc2cc(C(=O)Nc3ccccc3F)c(=N)oc2c1. The summed E-state index contributed by atoms with van der Waals surface area (Å²) in [4.78, 5) is 14.6. The molecule has 0 saturated carbocycles. The molecule has 1 aromatic heterocycles. The monoisotopic (exact) mass is 353 g/mol. The van der Waals surface area contributed by atoms with Crippen molar-refractivity contribution in [2.75, 3.05) is 23.3 Å². The van der Waals surface area contributed by atoms with Crippen molar-refractivity contribution in [3.05, 3.63) is 65.5 Å². The zero-order valence-electron chi connectivity index (χ0n) is 14.7. The minimum absolute atomic E-state index is 0.0522. The van der Waals surface area contributed by atoms with E-state index in [-0.39, 0.29) is 16.8 Å². The fraction of sp³-hybridized carbons (Fsp3) is 0.200. The summed E-state index contributed by atoms with van der Waals surface area (Å²) in [5, 5.41) is 11.2. The van der Waals surface area contributed by atoms with Gasteiger partial charge in [0.1, 0.15) is 17.0 Å². The first kappa shape index (κ1) is 17.7. The van der Waals surface area contributed by atoms with Crippen LogP contribution in [0.1, 0.15) is 24.2 Å². The normalized spacial score (nSPS) is 10.7. The lowest BCUT2D eigenvalue weighted by Crippen LogP contribution is -2.22. The number of amides is 1. The van der Waals surface area contributed by atoms with Gasteiger partial charge in [-0.1, -0.05) is 12.1 Å². The highest BCUT2D eigenvalue weighted by Crippen LogP contribution is 2.22. The molecular formula is C20H20FN3O2. The molecule has 26 heavy (non-hydrogen) atoms. The van der Waals surface area contributed by atoms with Gasteiger partial charge in [-0.3, -0.25) is 10.2 Å². The molecular weight excluding hydrogens is 333 g/mol. The number of anilines is 2. The summed E-state index contributed by atoms with van der Waals surface area (Å²) in [5.41, 5.74) is 1.38. The maximum atomic E-state index is 13.7. The van der Waals surface area contributed by atoms with Crippen LogP contribution < -0.4 is 15.8 Å². The van der Waals surface area contributed by atoms with Crippen LogP contribution in [0.4, 0.5) is 15.8 Å². The molecule has 3 aromatic rings. The van der Waals surface area contributed by atoms with Crippen LogP contribution in [0, 0.1) is 11.2 Å². The lowest BCUT2D eigenvalue weighted by atomic mass is 10.1. The molecule has 0 aliphatic rings. The number of nitrogens with one attached hydrogen (secondary N) is 2. The van der Waals surface area contributed by atoms with E-state index in [4.69, 9.17) is 9.83 Å². The minimum Gasteiger partial charge on any atom is -0.438 e. The Kier molecular flexibility index (Phi) is 5.02. The second-order valence-corrected chi connectivity index (χ2v) is 5.82. The van der Waals surface area contributed by atoms with E-state index in [2.05, 4.69) is 24.1 Å². The highest BCUT2D eigenvalue weighted by Gasteiger charge is 2.14. The van der Waals surface area contributed by atoms with Crippen LogP contribution in [0.5, 0.6) is 0 Å². The third-order valence-electron chi connectivity index (χ3n) is 4.25. The molecule has 0 radical (unpaired) electrons. The highest BCUT2D eigenvalue weighted by atomic mass is 19.1. The molecule has 0 fully saturated rings. The molecule has 1 amide bonds. The number of hydrogen-bond donors (Lipinski definition) is 2. The van der Waals surface area contributed by atoms with Gasteiger partial charge in [-0.05, 0) is 44.2 Å². The molecule has 6 heteroatoms. The molecule has 2 aromatic carbocycles. The van der Waals surface area contributed by atoms with Crippen LogP contribution in [0.2, 0.25) is 0 Å². The Morgan fingerprint density at radius 3 is 2.58 bits per heavy atom. The van der Waals surface area contributed by atoms with E-state index in [0.29, 0.717) is 11.0 Å². The van der Waals surface area contributed by atoms with Gasteiger partial charge in [0.25, 0.3) is 5.91 Å². The fourth-order valence-electron chi connectivity index (χ4n) is 2.82. The van der Waals surface area contributed by atoms with Crippen molar-refractivity contribution in [1.82, 2.24) is 0 Å². The largest absolute Gasteiger partial charge is 0.438 e. The van der Waals surface area contributed by atoms with Crippen LogP contribution in [0.3, 0.4) is 0 Å². The molecule has 134 valence electrons. The first-order chi connectivity index (χ1) is 12.5. The summed E-state index contributed by atoms with van der Waals surface area (Å²) in [6.07, 6.45) is 0. The van der Waals surface area contributed by atoms with E-state index >= 15 is 0 Å². The lowest BCUT2D eigenvalue weighted by Gasteiger charge is -2.21. The zero-order chi connectivity index (χ0) is 18.7. The highest BCUT2D eigenvalue weighted by molar-refractivity contribution is 6.05. The molecule has 0 aliphatic carbocycles. The van der Waals surface area contributed by atoms with Crippen molar-refractivity contribution >= 4 is 28.3 Å². The van der Waals surface area contributed by atoms with E-state index in [0.717, 1.165) is 18.8 Å². The first-order valence-corrected chi connectivity index (χ1v) is 8.46. The third kappa shape index (κ3) is 3.44. The molecule has 0 spiro atoms. The van der Waals surface area contributed by atoms with Crippen molar-refractivity contribution < 1.29 is 13.6 Å². The van der Waals surface area contributed by atoms with Gasteiger partial charge in [0.05, 0.1) is 5.69 Å². The van der Waals surface area contributed by atoms with E-state index in [9.17, 15) is 9.18 Å². The van der Waals surface area contributed by atoms with Gasteiger partial charge in [-0.2, -0.15) is 0 Å². The molecule has 3 rings (SSSR count). The van der Waals surface area contributed by atoms with Crippen LogP contribution in [0.15, 0.2) is 52.9 Å². The number of rotatable bonds is 5. The Morgan fingerprint density at radius 1 is 1.15 bits per heavy atom. The van der Waals surface area contributed by atoms with Gasteiger partial charge >= 0.3 is 0 Å². The predicted octanol–water partition coefficient (Wildman–Crippen LogP) is 4.15. The maximum absolute atomic E-state index is 13.7. The van der Waals surface area contributed by atoms with Gasteiger partial charge in [0, 0.05) is 30.2 Å². The number of fused-ring (bicyclic) bond motifs is 1. The molecule has 0 unspecified atom stereocenters. The summed E-state index contributed by atoms with van der Waals surface area (Å²) in [7, 11) is 0. The Hall–Kier alpha value is -3.15. The van der Waals surface area contributed by atoms with Crippen LogP contribution >= 0.6 is 0 Å². The lowest BCUT2D eigenvalue weighted by molar-refractivity contribution is 0.102. The molecule has 0 aliphatic heterocycles. The van der Waals surface area contributed by atoms with Crippen LogP contribution in [0.25, 0.3) is 11.0 Å². The number of carbonyl (C=O) groups is 1. The van der Waals surface area contributed by atoms with Gasteiger partial charge in [-0.25, -0.2) is 4.39 Å². The number of hydrogen-bond acceptors (Lipinski definition) is 4. The van der Waals surface area contributed by atoms with Crippen molar-refractivity contribution in [2.45, 2.75) is 13.8 Å². The van der Waals surface area contributed by atoms with Crippen molar-refractivity contribution in [2.24, 2.45) is 0 Å². The number of carbonyl (C=O) groups excluding carboxylic acids is 1. The summed E-state index contributed by atoms with van der Waals surface area (Å²) < 4.78 is 19.3. The Bertz CT molecular complexity index is 1010. The Balaban J connectivity index is 1.96. The molecule has 2 N–H and O–H groups in total. The van der Waals surface area contributed by atoms with E-state index in [1.807, 2.05) is 18.2 Å². The van der Waals surface area contributed by atoms with Gasteiger partial charge in [0.2, 0.25) is 5.55 Å². The van der Waals surface area contributed by atoms with Gasteiger partial charge in [-0.15, -0.1) is 0 Å². The van der Waals surface area contributed by atoms with E-state index < -0.39 is 11.7 Å². The number of halogens is 1. The van der Waals surface area contributed by atoms with Crippen molar-refractivity contribution in [1.29, 1.82) is 5.41 Å². The van der Waals surface area contributed by atoms with Crippen molar-refractivity contribution in [3.8, 4) is 0 Å². The third-order valence-corrected chi connectivity index (χ3v) is 4.25. The summed E-state index contributed by atoms with van der Waals surface area (Å²) in [6.45, 7) is 5.85. The summed E-state index contributed by atoms with van der Waals surface area (Å²) >= 11 is 0. The van der Waals surface area contributed by atoms with E-state index in [1.165, 1.54) is 12.1 Å². The Morgan fingerprint density at radius 2 is 1.88 bits per heavy atom. The molecule has 1 heterocycles. The standard InChI is InChI=1S/C20H20FN3O2/c1-3-24(4-2)14-10-9-13-11-15(19(22)26-18(13)12-14)20(25)23-17-8-6-5-7-16(17)21/h5-12,22H,3-4H2,1-2H3,(H,23,25).